The Morgan fingerprint density at radius 2 is 2.19 bits per heavy atom. The summed E-state index contributed by atoms with van der Waals surface area (Å²) in [4.78, 5) is 28.6. The maximum Gasteiger partial charge on any atom is 0.346 e. The zero-order valence-electron chi connectivity index (χ0n) is 9.25. The summed E-state index contributed by atoms with van der Waals surface area (Å²) in [6.45, 7) is 1.47. The molecule has 2 N–H and O–H groups in total. The topological polar surface area (TPSA) is 74.8 Å². The fourth-order valence-electron chi connectivity index (χ4n) is 2.05. The number of rotatable bonds is 3. The first-order valence-electron chi connectivity index (χ1n) is 5.53. The van der Waals surface area contributed by atoms with Crippen molar-refractivity contribution in [3.63, 3.8) is 0 Å². The molecule has 1 aliphatic carbocycles. The molecule has 0 aromatic carbocycles. The molecular formula is C11H15N3O2. The molecule has 1 aliphatic rings. The van der Waals surface area contributed by atoms with E-state index in [-0.39, 0.29) is 5.78 Å². The summed E-state index contributed by atoms with van der Waals surface area (Å²) in [6, 6.07) is 0.358. The lowest BCUT2D eigenvalue weighted by molar-refractivity contribution is 0.101. The van der Waals surface area contributed by atoms with Crippen molar-refractivity contribution in [3.8, 4) is 0 Å². The van der Waals surface area contributed by atoms with Gasteiger partial charge in [0, 0.05) is 12.2 Å². The SMILES string of the molecule is CC(=O)c1cnc(=O)[nH]c1NC1CCCC1. The Hall–Kier alpha value is -1.65. The second-order valence-electron chi connectivity index (χ2n) is 4.16. The number of Topliss-reactive ketones (excluding diaryl/α,β-unsaturated/α-hetero) is 1. The van der Waals surface area contributed by atoms with Crippen LogP contribution in [-0.4, -0.2) is 21.8 Å². The minimum atomic E-state index is -0.425. The number of carbonyl (C=O) groups excluding carboxylic acids is 1. The van der Waals surface area contributed by atoms with E-state index in [4.69, 9.17) is 0 Å². The van der Waals surface area contributed by atoms with Crippen LogP contribution >= 0.6 is 0 Å². The molecule has 0 unspecified atom stereocenters. The largest absolute Gasteiger partial charge is 0.368 e. The Morgan fingerprint density at radius 1 is 1.50 bits per heavy atom. The van der Waals surface area contributed by atoms with Crippen molar-refractivity contribution in [1.82, 2.24) is 9.97 Å². The average Bonchev–Trinajstić information content (AvgIpc) is 2.70. The first kappa shape index (κ1) is 10.9. The highest BCUT2D eigenvalue weighted by atomic mass is 16.1. The van der Waals surface area contributed by atoms with Crippen LogP contribution in [0.15, 0.2) is 11.0 Å². The minimum Gasteiger partial charge on any atom is -0.368 e. The number of aromatic amines is 1. The van der Waals surface area contributed by atoms with Gasteiger partial charge in [0.2, 0.25) is 0 Å². The number of H-pyrrole nitrogens is 1. The molecule has 1 aromatic rings. The van der Waals surface area contributed by atoms with Gasteiger partial charge in [0.15, 0.2) is 5.78 Å². The summed E-state index contributed by atoms with van der Waals surface area (Å²) in [6.07, 6.45) is 5.90. The van der Waals surface area contributed by atoms with Crippen LogP contribution in [-0.2, 0) is 0 Å². The molecule has 1 saturated carbocycles. The lowest BCUT2D eigenvalue weighted by Crippen LogP contribution is -2.22. The number of aromatic nitrogens is 2. The Bertz CT molecular complexity index is 447. The van der Waals surface area contributed by atoms with E-state index in [9.17, 15) is 9.59 Å². The van der Waals surface area contributed by atoms with Crippen LogP contribution in [0, 0.1) is 0 Å². The van der Waals surface area contributed by atoms with Crippen LogP contribution in [0.2, 0.25) is 0 Å². The standard InChI is InChI=1S/C11H15N3O2/c1-7(15)9-6-12-11(16)14-10(9)13-8-4-2-3-5-8/h6,8H,2-5H2,1H3,(H2,12,13,14,16). The number of hydrogen-bond acceptors (Lipinski definition) is 4. The molecule has 16 heavy (non-hydrogen) atoms. The van der Waals surface area contributed by atoms with E-state index in [1.165, 1.54) is 26.0 Å². The van der Waals surface area contributed by atoms with Crippen LogP contribution < -0.4 is 11.0 Å². The fourth-order valence-corrected chi connectivity index (χ4v) is 2.05. The first-order chi connectivity index (χ1) is 7.66. The summed E-state index contributed by atoms with van der Waals surface area (Å²) in [7, 11) is 0. The van der Waals surface area contributed by atoms with Gasteiger partial charge < -0.3 is 5.32 Å². The van der Waals surface area contributed by atoms with E-state index >= 15 is 0 Å². The number of carbonyl (C=O) groups is 1. The highest BCUT2D eigenvalue weighted by molar-refractivity contribution is 5.98. The molecule has 0 amide bonds. The zero-order chi connectivity index (χ0) is 11.5. The van der Waals surface area contributed by atoms with E-state index in [0.717, 1.165) is 12.8 Å². The molecule has 5 nitrogen and oxygen atoms in total. The van der Waals surface area contributed by atoms with Crippen molar-refractivity contribution in [2.24, 2.45) is 0 Å². The second-order valence-corrected chi connectivity index (χ2v) is 4.16. The van der Waals surface area contributed by atoms with Crippen molar-refractivity contribution in [1.29, 1.82) is 0 Å². The monoisotopic (exact) mass is 221 g/mol. The van der Waals surface area contributed by atoms with Crippen molar-refractivity contribution >= 4 is 11.6 Å². The van der Waals surface area contributed by atoms with E-state index in [0.29, 0.717) is 17.4 Å². The molecule has 1 aromatic heterocycles. The summed E-state index contributed by atoms with van der Waals surface area (Å²) in [5.41, 5.74) is 0.0250. The number of hydrogen-bond donors (Lipinski definition) is 2. The van der Waals surface area contributed by atoms with E-state index in [1.807, 2.05) is 0 Å². The minimum absolute atomic E-state index is 0.0933. The molecule has 0 bridgehead atoms. The molecule has 5 heteroatoms. The van der Waals surface area contributed by atoms with Gasteiger partial charge in [-0.05, 0) is 19.8 Å². The summed E-state index contributed by atoms with van der Waals surface area (Å²) >= 11 is 0. The van der Waals surface area contributed by atoms with Crippen molar-refractivity contribution in [2.45, 2.75) is 38.6 Å². The normalized spacial score (nSPS) is 16.3. The quantitative estimate of drug-likeness (QED) is 0.755. The Morgan fingerprint density at radius 3 is 2.81 bits per heavy atom. The van der Waals surface area contributed by atoms with Crippen molar-refractivity contribution in [3.05, 3.63) is 22.2 Å². The molecule has 0 spiro atoms. The average molecular weight is 221 g/mol. The van der Waals surface area contributed by atoms with Gasteiger partial charge in [-0.3, -0.25) is 9.78 Å². The Labute approximate surface area is 93.3 Å². The van der Waals surface area contributed by atoms with Gasteiger partial charge in [-0.25, -0.2) is 9.78 Å². The van der Waals surface area contributed by atoms with Gasteiger partial charge in [0.1, 0.15) is 5.82 Å². The summed E-state index contributed by atoms with van der Waals surface area (Å²) in [5, 5.41) is 3.22. The number of nitrogens with zero attached hydrogens (tertiary/aromatic N) is 1. The Kier molecular flexibility index (Phi) is 3.03. The van der Waals surface area contributed by atoms with E-state index in [2.05, 4.69) is 15.3 Å². The van der Waals surface area contributed by atoms with Crippen LogP contribution in [0.3, 0.4) is 0 Å². The lowest BCUT2D eigenvalue weighted by Gasteiger charge is -2.14. The van der Waals surface area contributed by atoms with Crippen molar-refractivity contribution in [2.75, 3.05) is 5.32 Å². The summed E-state index contributed by atoms with van der Waals surface area (Å²) in [5.74, 6) is 0.420. The van der Waals surface area contributed by atoms with Crippen molar-refractivity contribution < 1.29 is 4.79 Å². The molecule has 86 valence electrons. The number of ketones is 1. The second kappa shape index (κ2) is 4.47. The molecular weight excluding hydrogens is 206 g/mol. The molecule has 0 radical (unpaired) electrons. The zero-order valence-corrected chi connectivity index (χ0v) is 9.25. The molecule has 0 saturated heterocycles. The Balaban J connectivity index is 2.26. The van der Waals surface area contributed by atoms with Gasteiger partial charge in [0.05, 0.1) is 5.56 Å². The fraction of sp³-hybridized carbons (Fsp3) is 0.545. The van der Waals surface area contributed by atoms with Gasteiger partial charge in [-0.1, -0.05) is 12.8 Å². The number of nitrogens with one attached hydrogen (secondary N) is 2. The highest BCUT2D eigenvalue weighted by Crippen LogP contribution is 2.22. The molecule has 0 aliphatic heterocycles. The van der Waals surface area contributed by atoms with Crippen LogP contribution in [0.25, 0.3) is 0 Å². The van der Waals surface area contributed by atoms with Gasteiger partial charge >= 0.3 is 5.69 Å². The first-order valence-corrected chi connectivity index (χ1v) is 5.53. The van der Waals surface area contributed by atoms with E-state index < -0.39 is 5.69 Å². The lowest BCUT2D eigenvalue weighted by atomic mass is 10.2. The summed E-state index contributed by atoms with van der Waals surface area (Å²) < 4.78 is 0. The van der Waals surface area contributed by atoms with Gasteiger partial charge in [0.25, 0.3) is 0 Å². The third-order valence-electron chi connectivity index (χ3n) is 2.90. The van der Waals surface area contributed by atoms with Gasteiger partial charge in [-0.15, -0.1) is 0 Å². The van der Waals surface area contributed by atoms with Crippen LogP contribution in [0.4, 0.5) is 5.82 Å². The third kappa shape index (κ3) is 2.29. The van der Waals surface area contributed by atoms with E-state index in [1.54, 1.807) is 0 Å². The van der Waals surface area contributed by atoms with Gasteiger partial charge in [-0.2, -0.15) is 0 Å². The predicted octanol–water partition coefficient (Wildman–Crippen LogP) is 1.33. The van der Waals surface area contributed by atoms with Crippen LogP contribution in [0.1, 0.15) is 43.0 Å². The predicted molar refractivity (Wildman–Crippen MR) is 60.7 cm³/mol. The number of anilines is 1. The van der Waals surface area contributed by atoms with Crippen LogP contribution in [0.5, 0.6) is 0 Å². The molecule has 1 heterocycles. The third-order valence-corrected chi connectivity index (χ3v) is 2.90. The highest BCUT2D eigenvalue weighted by Gasteiger charge is 2.17. The smallest absolute Gasteiger partial charge is 0.346 e. The maximum atomic E-state index is 11.3. The molecule has 0 atom stereocenters. The molecule has 1 fully saturated rings. The maximum absolute atomic E-state index is 11.3. The molecule has 2 rings (SSSR count).